The van der Waals surface area contributed by atoms with Gasteiger partial charge in [-0.2, -0.15) is 9.78 Å². The van der Waals surface area contributed by atoms with Crippen molar-refractivity contribution in [3.8, 4) is 23.1 Å². The lowest BCUT2D eigenvalue weighted by molar-refractivity contribution is 0.224. The predicted octanol–water partition coefficient (Wildman–Crippen LogP) is 4.92. The maximum Gasteiger partial charge on any atom is 0.219 e. The van der Waals surface area contributed by atoms with E-state index >= 15 is 0 Å². The fraction of sp³-hybridized carbons (Fsp3) is 0.278. The number of nitrogens with zero attached hydrogens (tertiary/aromatic N) is 3. The number of ether oxygens (including phenoxy) is 2. The minimum absolute atomic E-state index is 0.0265. The molecule has 27 heavy (non-hydrogen) atoms. The van der Waals surface area contributed by atoms with E-state index in [0.717, 1.165) is 5.56 Å². The third-order valence-corrected chi connectivity index (χ3v) is 3.94. The number of hydrogen-bond donors (Lipinski definition) is 1. The van der Waals surface area contributed by atoms with E-state index in [0.29, 0.717) is 39.5 Å². The van der Waals surface area contributed by atoms with Crippen molar-refractivity contribution in [2.75, 3.05) is 6.61 Å². The third-order valence-electron chi connectivity index (χ3n) is 3.40. The number of hydrogen-bond acceptors (Lipinski definition) is 6. The summed E-state index contributed by atoms with van der Waals surface area (Å²) in [6.45, 7) is 6.24. The van der Waals surface area contributed by atoms with Crippen LogP contribution in [-0.2, 0) is 0 Å². The Hall–Kier alpha value is -2.58. The van der Waals surface area contributed by atoms with Crippen molar-refractivity contribution < 1.29 is 13.9 Å². The maximum atomic E-state index is 6.39. The summed E-state index contributed by atoms with van der Waals surface area (Å²) in [5, 5.41) is 11.7. The van der Waals surface area contributed by atoms with Crippen LogP contribution in [0.25, 0.3) is 11.6 Å². The lowest BCUT2D eigenvalue weighted by Crippen LogP contribution is -2.08. The van der Waals surface area contributed by atoms with Gasteiger partial charge in [-0.25, -0.2) is 5.10 Å². The Labute approximate surface area is 166 Å². The Bertz CT molecular complexity index is 993. The van der Waals surface area contributed by atoms with Crippen LogP contribution in [0.4, 0.5) is 0 Å². The van der Waals surface area contributed by atoms with Crippen molar-refractivity contribution in [1.82, 2.24) is 14.9 Å². The highest BCUT2D eigenvalue weighted by Crippen LogP contribution is 2.37. The second-order valence-corrected chi connectivity index (χ2v) is 6.61. The zero-order valence-electron chi connectivity index (χ0n) is 15.1. The minimum atomic E-state index is -0.0265. The second-order valence-electron chi connectivity index (χ2n) is 5.82. The van der Waals surface area contributed by atoms with Gasteiger partial charge in [0.05, 0.1) is 30.2 Å². The van der Waals surface area contributed by atoms with Crippen LogP contribution in [0.3, 0.4) is 0 Å². The molecule has 0 radical (unpaired) electrons. The molecule has 1 aromatic carbocycles. The molecule has 0 amide bonds. The van der Waals surface area contributed by atoms with E-state index in [-0.39, 0.29) is 6.10 Å². The van der Waals surface area contributed by atoms with E-state index in [1.54, 1.807) is 30.7 Å². The van der Waals surface area contributed by atoms with Gasteiger partial charge < -0.3 is 13.9 Å². The molecule has 1 N–H and O–H groups in total. The molecular formula is C18H19ClN4O3S. The van der Waals surface area contributed by atoms with Gasteiger partial charge in [0.15, 0.2) is 17.3 Å². The average molecular weight is 407 g/mol. The molecule has 0 bridgehead atoms. The Morgan fingerprint density at radius 3 is 2.93 bits per heavy atom. The molecule has 0 aliphatic heterocycles. The normalized spacial score (nSPS) is 11.4. The summed E-state index contributed by atoms with van der Waals surface area (Å²) in [4.78, 5) is 0. The second kappa shape index (κ2) is 8.41. The van der Waals surface area contributed by atoms with E-state index in [1.165, 1.54) is 4.68 Å². The van der Waals surface area contributed by atoms with Crippen LogP contribution >= 0.6 is 23.8 Å². The summed E-state index contributed by atoms with van der Waals surface area (Å²) in [6.07, 6.45) is 3.15. The Kier molecular flexibility index (Phi) is 5.98. The summed E-state index contributed by atoms with van der Waals surface area (Å²) < 4.78 is 18.6. The summed E-state index contributed by atoms with van der Waals surface area (Å²) >= 11 is 11.6. The van der Waals surface area contributed by atoms with Gasteiger partial charge in [0.1, 0.15) is 0 Å². The zero-order valence-corrected chi connectivity index (χ0v) is 16.7. The van der Waals surface area contributed by atoms with Crippen molar-refractivity contribution in [2.45, 2.75) is 26.9 Å². The largest absolute Gasteiger partial charge is 0.490 e. The highest BCUT2D eigenvalue weighted by Gasteiger charge is 2.14. The van der Waals surface area contributed by atoms with E-state index in [2.05, 4.69) is 15.3 Å². The fourth-order valence-electron chi connectivity index (χ4n) is 2.36. The molecule has 9 heteroatoms. The van der Waals surface area contributed by atoms with Gasteiger partial charge in [0.25, 0.3) is 0 Å². The summed E-state index contributed by atoms with van der Waals surface area (Å²) in [6, 6.07) is 7.11. The molecule has 7 nitrogen and oxygen atoms in total. The molecule has 2 heterocycles. The lowest BCUT2D eigenvalue weighted by Gasteiger charge is -2.16. The molecule has 0 aliphatic rings. The first-order valence-electron chi connectivity index (χ1n) is 8.38. The molecule has 0 fully saturated rings. The van der Waals surface area contributed by atoms with Crippen LogP contribution in [0.2, 0.25) is 5.02 Å². The van der Waals surface area contributed by atoms with Crippen LogP contribution in [0.1, 0.15) is 26.3 Å². The Morgan fingerprint density at radius 2 is 2.26 bits per heavy atom. The quantitative estimate of drug-likeness (QED) is 0.445. The molecule has 3 rings (SSSR count). The third kappa shape index (κ3) is 4.40. The van der Waals surface area contributed by atoms with E-state index in [1.807, 2.05) is 26.8 Å². The molecule has 0 atom stereocenters. The molecule has 0 spiro atoms. The highest BCUT2D eigenvalue weighted by atomic mass is 35.5. The maximum absolute atomic E-state index is 6.39. The smallest absolute Gasteiger partial charge is 0.219 e. The number of H-pyrrole nitrogens is 1. The first kappa shape index (κ1) is 19.2. The Morgan fingerprint density at radius 1 is 1.44 bits per heavy atom. The predicted molar refractivity (Wildman–Crippen MR) is 106 cm³/mol. The van der Waals surface area contributed by atoms with Crippen LogP contribution in [0, 0.1) is 4.77 Å². The van der Waals surface area contributed by atoms with Gasteiger partial charge in [0.2, 0.25) is 10.6 Å². The molecule has 0 saturated heterocycles. The van der Waals surface area contributed by atoms with Gasteiger partial charge in [-0.05, 0) is 62.8 Å². The summed E-state index contributed by atoms with van der Waals surface area (Å²) in [5.41, 5.74) is 0.730. The van der Waals surface area contributed by atoms with Gasteiger partial charge in [-0.3, -0.25) is 0 Å². The average Bonchev–Trinajstić information content (AvgIpc) is 3.25. The number of aromatic amines is 1. The number of aromatic nitrogens is 3. The monoisotopic (exact) mass is 406 g/mol. The number of nitrogens with one attached hydrogen (secondary N) is 1. The molecule has 142 valence electrons. The standard InChI is InChI=1S/C18H19ClN4O3S/c1-4-24-15-9-12(8-13(19)16(15)26-11(2)3)10-20-23-17(21-22-18(23)27)14-6-5-7-25-14/h5-11H,4H2,1-3H3,(H,22,27)/b20-10-. The topological polar surface area (TPSA) is 77.6 Å². The van der Waals surface area contributed by atoms with Crippen molar-refractivity contribution in [3.63, 3.8) is 0 Å². The van der Waals surface area contributed by atoms with Crippen molar-refractivity contribution in [3.05, 3.63) is 45.9 Å². The summed E-state index contributed by atoms with van der Waals surface area (Å²) in [5.74, 6) is 2.09. The van der Waals surface area contributed by atoms with Gasteiger partial charge in [-0.15, -0.1) is 5.10 Å². The first-order valence-corrected chi connectivity index (χ1v) is 9.16. The number of rotatable bonds is 7. The van der Waals surface area contributed by atoms with Crippen molar-refractivity contribution >= 4 is 30.0 Å². The van der Waals surface area contributed by atoms with Crippen molar-refractivity contribution in [1.29, 1.82) is 0 Å². The van der Waals surface area contributed by atoms with Crippen LogP contribution in [-0.4, -0.2) is 33.8 Å². The molecular weight excluding hydrogens is 388 g/mol. The number of furan rings is 1. The van der Waals surface area contributed by atoms with E-state index < -0.39 is 0 Å². The lowest BCUT2D eigenvalue weighted by atomic mass is 10.2. The number of benzene rings is 1. The fourth-order valence-corrected chi connectivity index (χ4v) is 2.81. The molecule has 0 saturated carbocycles. The number of halogens is 1. The first-order chi connectivity index (χ1) is 13.0. The SMILES string of the molecule is CCOc1cc(/C=N\n2c(-c3ccco3)n[nH]c2=S)cc(Cl)c1OC(C)C. The highest BCUT2D eigenvalue weighted by molar-refractivity contribution is 7.71. The van der Waals surface area contributed by atoms with Gasteiger partial charge >= 0.3 is 0 Å². The molecule has 3 aromatic rings. The van der Waals surface area contributed by atoms with Crippen LogP contribution < -0.4 is 9.47 Å². The molecule has 0 aliphatic carbocycles. The minimum Gasteiger partial charge on any atom is -0.490 e. The van der Waals surface area contributed by atoms with Crippen LogP contribution in [0.5, 0.6) is 11.5 Å². The van der Waals surface area contributed by atoms with Crippen molar-refractivity contribution in [2.24, 2.45) is 5.10 Å². The van der Waals surface area contributed by atoms with E-state index in [9.17, 15) is 0 Å². The zero-order chi connectivity index (χ0) is 19.4. The van der Waals surface area contributed by atoms with Gasteiger partial charge in [0, 0.05) is 0 Å². The van der Waals surface area contributed by atoms with E-state index in [4.69, 9.17) is 37.7 Å². The summed E-state index contributed by atoms with van der Waals surface area (Å²) in [7, 11) is 0. The molecule has 2 aromatic heterocycles. The Balaban J connectivity index is 1.97. The molecule has 0 unspecified atom stereocenters. The van der Waals surface area contributed by atoms with Gasteiger partial charge in [-0.1, -0.05) is 11.6 Å². The van der Waals surface area contributed by atoms with Crippen LogP contribution in [0.15, 0.2) is 40.0 Å².